The number of carbonyl (C=O) groups is 1. The van der Waals surface area contributed by atoms with Gasteiger partial charge in [0.05, 0.1) is 17.6 Å². The molecule has 34 heavy (non-hydrogen) atoms. The van der Waals surface area contributed by atoms with E-state index in [2.05, 4.69) is 61.8 Å². The number of imidazole rings is 1. The van der Waals surface area contributed by atoms with E-state index >= 15 is 0 Å². The van der Waals surface area contributed by atoms with E-state index in [-0.39, 0.29) is 5.91 Å². The molecule has 0 saturated heterocycles. The predicted octanol–water partition coefficient (Wildman–Crippen LogP) is 6.02. The number of carbonyl (C=O) groups excluding carboxylic acids is 1. The number of nitrogens with zero attached hydrogens (tertiary/aromatic N) is 3. The molecule has 0 radical (unpaired) electrons. The maximum absolute atomic E-state index is 13.7. The molecule has 1 heterocycles. The zero-order valence-corrected chi connectivity index (χ0v) is 21.3. The second-order valence-electron chi connectivity index (χ2n) is 10.4. The molecule has 1 aliphatic rings. The van der Waals surface area contributed by atoms with Crippen molar-refractivity contribution in [3.63, 3.8) is 0 Å². The van der Waals surface area contributed by atoms with Gasteiger partial charge in [0.25, 0.3) is 5.91 Å². The Labute approximate surface area is 204 Å². The van der Waals surface area contributed by atoms with Crippen LogP contribution in [0.3, 0.4) is 0 Å². The van der Waals surface area contributed by atoms with Gasteiger partial charge >= 0.3 is 0 Å². The van der Waals surface area contributed by atoms with Crippen LogP contribution in [0.15, 0.2) is 48.5 Å². The number of benzene rings is 2. The first-order valence-corrected chi connectivity index (χ1v) is 13.0. The Hall–Kier alpha value is -2.66. The first kappa shape index (κ1) is 24.5. The largest absolute Gasteiger partial charge is 0.331 e. The summed E-state index contributed by atoms with van der Waals surface area (Å²) >= 11 is 0. The number of aromatic nitrogens is 2. The number of fused-ring (bicyclic) bond motifs is 1. The Kier molecular flexibility index (Phi) is 8.04. The standard InChI is InChI=1S/C29H40N4O/c1-5-22(4)30-18-24-9-8-10-25(17-24)29(34)32(16-15-21(2)3)20-28-31-26-11-6-7-12-27(26)33(28)19-23-13-14-23/h6-12,17,21-23,30H,5,13-16,18-20H2,1-4H3. The van der Waals surface area contributed by atoms with E-state index in [0.29, 0.717) is 18.5 Å². The molecule has 1 N–H and O–H groups in total. The monoisotopic (exact) mass is 460 g/mol. The summed E-state index contributed by atoms with van der Waals surface area (Å²) in [6, 6.07) is 16.9. The normalized spacial score (nSPS) is 14.6. The van der Waals surface area contributed by atoms with Gasteiger partial charge in [-0.15, -0.1) is 0 Å². The lowest BCUT2D eigenvalue weighted by molar-refractivity contribution is 0.0729. The summed E-state index contributed by atoms with van der Waals surface area (Å²) < 4.78 is 2.36. The van der Waals surface area contributed by atoms with Gasteiger partial charge in [0.1, 0.15) is 5.82 Å². The lowest BCUT2D eigenvalue weighted by Gasteiger charge is -2.24. The highest BCUT2D eigenvalue weighted by Gasteiger charge is 2.26. The van der Waals surface area contributed by atoms with E-state index in [9.17, 15) is 4.79 Å². The van der Waals surface area contributed by atoms with E-state index < -0.39 is 0 Å². The third kappa shape index (κ3) is 6.26. The molecule has 4 rings (SSSR count). The summed E-state index contributed by atoms with van der Waals surface area (Å²) in [5.41, 5.74) is 4.11. The third-order valence-corrected chi connectivity index (χ3v) is 6.91. The smallest absolute Gasteiger partial charge is 0.254 e. The minimum atomic E-state index is 0.0936. The first-order chi connectivity index (χ1) is 16.4. The SMILES string of the molecule is CCC(C)NCc1cccc(C(=O)N(CCC(C)C)Cc2nc3ccccc3n2CC2CC2)c1. The molecule has 1 unspecified atom stereocenters. The van der Waals surface area contributed by atoms with E-state index in [1.807, 2.05) is 29.2 Å². The van der Waals surface area contributed by atoms with Crippen molar-refractivity contribution in [3.8, 4) is 0 Å². The number of hydrogen-bond acceptors (Lipinski definition) is 3. The van der Waals surface area contributed by atoms with Crippen molar-refractivity contribution in [2.45, 2.75) is 79.1 Å². The summed E-state index contributed by atoms with van der Waals surface area (Å²) in [4.78, 5) is 20.7. The quantitative estimate of drug-likeness (QED) is 0.359. The minimum Gasteiger partial charge on any atom is -0.331 e. The van der Waals surface area contributed by atoms with Crippen molar-refractivity contribution in [2.24, 2.45) is 11.8 Å². The van der Waals surface area contributed by atoms with Gasteiger partial charge in [0.2, 0.25) is 0 Å². The van der Waals surface area contributed by atoms with Gasteiger partial charge in [-0.25, -0.2) is 4.98 Å². The number of nitrogens with one attached hydrogen (secondary N) is 1. The number of rotatable bonds is 12. The molecule has 1 saturated carbocycles. The van der Waals surface area contributed by atoms with Gasteiger partial charge in [0.15, 0.2) is 0 Å². The summed E-state index contributed by atoms with van der Waals surface area (Å²) in [6.45, 7) is 11.9. The highest BCUT2D eigenvalue weighted by molar-refractivity contribution is 5.94. The maximum atomic E-state index is 13.7. The van der Waals surface area contributed by atoms with Crippen LogP contribution in [-0.4, -0.2) is 32.9 Å². The summed E-state index contributed by atoms with van der Waals surface area (Å²) in [6.07, 6.45) is 4.64. The van der Waals surface area contributed by atoms with Gasteiger partial charge < -0.3 is 14.8 Å². The van der Waals surface area contributed by atoms with Crippen molar-refractivity contribution in [1.29, 1.82) is 0 Å². The van der Waals surface area contributed by atoms with Crippen LogP contribution in [0.5, 0.6) is 0 Å². The summed E-state index contributed by atoms with van der Waals surface area (Å²) in [7, 11) is 0. The van der Waals surface area contributed by atoms with Crippen molar-refractivity contribution in [1.82, 2.24) is 19.8 Å². The predicted molar refractivity (Wildman–Crippen MR) is 140 cm³/mol. The van der Waals surface area contributed by atoms with Gasteiger partial charge in [-0.05, 0) is 74.3 Å². The molecule has 0 aliphatic heterocycles. The highest BCUT2D eigenvalue weighted by Crippen LogP contribution is 2.32. The molecule has 1 fully saturated rings. The second-order valence-corrected chi connectivity index (χ2v) is 10.4. The van der Waals surface area contributed by atoms with Crippen molar-refractivity contribution < 1.29 is 4.79 Å². The molecule has 1 atom stereocenters. The Morgan fingerprint density at radius 2 is 1.94 bits per heavy atom. The van der Waals surface area contributed by atoms with Crippen LogP contribution in [0.2, 0.25) is 0 Å². The lowest BCUT2D eigenvalue weighted by atomic mass is 10.1. The topological polar surface area (TPSA) is 50.2 Å². The average molecular weight is 461 g/mol. The fraction of sp³-hybridized carbons (Fsp3) is 0.517. The van der Waals surface area contributed by atoms with Crippen LogP contribution >= 0.6 is 0 Å². The third-order valence-electron chi connectivity index (χ3n) is 6.91. The minimum absolute atomic E-state index is 0.0936. The van der Waals surface area contributed by atoms with Crippen LogP contribution in [0.1, 0.15) is 75.1 Å². The molecule has 5 nitrogen and oxygen atoms in total. The first-order valence-electron chi connectivity index (χ1n) is 13.0. The van der Waals surface area contributed by atoms with Crippen LogP contribution in [0.4, 0.5) is 0 Å². The van der Waals surface area contributed by atoms with Crippen molar-refractivity contribution >= 4 is 16.9 Å². The highest BCUT2D eigenvalue weighted by atomic mass is 16.2. The summed E-state index contributed by atoms with van der Waals surface area (Å²) in [5, 5.41) is 3.53. The van der Waals surface area contributed by atoms with E-state index in [4.69, 9.17) is 4.98 Å². The Morgan fingerprint density at radius 3 is 2.68 bits per heavy atom. The zero-order chi connectivity index (χ0) is 24.1. The molecular weight excluding hydrogens is 420 g/mol. The molecule has 1 aromatic heterocycles. The van der Waals surface area contributed by atoms with Crippen LogP contribution in [0, 0.1) is 11.8 Å². The molecular formula is C29H40N4O. The van der Waals surface area contributed by atoms with Gasteiger partial charge in [0, 0.05) is 31.2 Å². The van der Waals surface area contributed by atoms with Crippen LogP contribution in [0.25, 0.3) is 11.0 Å². The number of para-hydroxylation sites is 2. The molecule has 1 aliphatic carbocycles. The Bertz CT molecular complexity index is 1100. The molecule has 0 bridgehead atoms. The summed E-state index contributed by atoms with van der Waals surface area (Å²) in [5.74, 6) is 2.37. The molecule has 182 valence electrons. The van der Waals surface area contributed by atoms with E-state index in [1.54, 1.807) is 0 Å². The van der Waals surface area contributed by atoms with Crippen molar-refractivity contribution in [2.75, 3.05) is 6.54 Å². The maximum Gasteiger partial charge on any atom is 0.254 e. The average Bonchev–Trinajstić information content (AvgIpc) is 3.60. The van der Waals surface area contributed by atoms with Crippen molar-refractivity contribution in [3.05, 3.63) is 65.5 Å². The van der Waals surface area contributed by atoms with Gasteiger partial charge in [-0.3, -0.25) is 4.79 Å². The van der Waals surface area contributed by atoms with Crippen LogP contribution in [-0.2, 0) is 19.6 Å². The zero-order valence-electron chi connectivity index (χ0n) is 21.3. The van der Waals surface area contributed by atoms with Gasteiger partial charge in [-0.2, -0.15) is 0 Å². The van der Waals surface area contributed by atoms with Gasteiger partial charge in [-0.1, -0.05) is 45.0 Å². The molecule has 3 aromatic rings. The molecule has 2 aromatic carbocycles. The second kappa shape index (κ2) is 11.2. The van der Waals surface area contributed by atoms with E-state index in [1.165, 1.54) is 18.4 Å². The number of amides is 1. The fourth-order valence-electron chi connectivity index (χ4n) is 4.28. The van der Waals surface area contributed by atoms with Crippen LogP contribution < -0.4 is 5.32 Å². The lowest BCUT2D eigenvalue weighted by Crippen LogP contribution is -2.33. The fourth-order valence-corrected chi connectivity index (χ4v) is 4.28. The molecule has 5 heteroatoms. The number of hydrogen-bond donors (Lipinski definition) is 1. The molecule has 0 spiro atoms. The Morgan fingerprint density at radius 1 is 1.15 bits per heavy atom. The Balaban J connectivity index is 1.58. The van der Waals surface area contributed by atoms with E-state index in [0.717, 1.165) is 60.9 Å². The molecule has 1 amide bonds.